The van der Waals surface area contributed by atoms with Gasteiger partial charge in [-0.3, -0.25) is 4.79 Å². The van der Waals surface area contributed by atoms with E-state index in [1.807, 2.05) is 0 Å². The van der Waals surface area contributed by atoms with Crippen molar-refractivity contribution in [2.75, 3.05) is 0 Å². The van der Waals surface area contributed by atoms with Gasteiger partial charge in [-0.1, -0.05) is 11.6 Å². The monoisotopic (exact) mass is 231 g/mol. The number of carbonyl (C=O) groups excluding carboxylic acids is 1. The second-order valence-electron chi connectivity index (χ2n) is 3.28. The Morgan fingerprint density at radius 3 is 2.31 bits per heavy atom. The predicted octanol–water partition coefficient (Wildman–Crippen LogP) is 1.56. The summed E-state index contributed by atoms with van der Waals surface area (Å²) in [7, 11) is 0. The number of hydrogen-bond donors (Lipinski definition) is 1. The third-order valence-electron chi connectivity index (χ3n) is 2.19. The zero-order valence-electron chi connectivity index (χ0n) is 8.21. The summed E-state index contributed by atoms with van der Waals surface area (Å²) in [5, 5.41) is 8.70. The van der Waals surface area contributed by atoms with E-state index in [0.29, 0.717) is 6.07 Å². The minimum Gasteiger partial charge on any atom is -0.478 e. The molecule has 1 aromatic rings. The smallest absolute Gasteiger partial charge is 0.478 e. The minimum absolute atomic E-state index is 0.192. The first-order valence-corrected chi connectivity index (χ1v) is 4.30. The number of carboxylic acids is 1. The first-order valence-electron chi connectivity index (χ1n) is 4.30. The predicted molar refractivity (Wildman–Crippen MR) is 52.2 cm³/mol. The number of carboxylic acid groups (broad SMARTS) is 1. The number of benzene rings is 1. The Morgan fingerprint density at radius 2 is 1.94 bits per heavy atom. The van der Waals surface area contributed by atoms with Crippen LogP contribution in [0.15, 0.2) is 12.1 Å². The van der Waals surface area contributed by atoms with Crippen LogP contribution < -0.4 is 5.46 Å². The van der Waals surface area contributed by atoms with E-state index in [1.165, 1.54) is 0 Å². The van der Waals surface area contributed by atoms with Gasteiger partial charge in [-0.15, -0.1) is 5.46 Å². The van der Waals surface area contributed by atoms with E-state index >= 15 is 0 Å². The average Bonchev–Trinajstić information content (AvgIpc) is 2.15. The molecule has 0 radical (unpaired) electrons. The number of aromatic carboxylic acids is 1. The van der Waals surface area contributed by atoms with Crippen molar-refractivity contribution < 1.29 is 27.6 Å². The summed E-state index contributed by atoms with van der Waals surface area (Å²) < 4.78 is 37.7. The standard InChI is InChI=1S/C9H7BF3O3/c1-5-7(9(15)16)2-6(4-14)3-8(5)10(11,12)13/h2-4H,1H3,(H,15,16)/q-1. The largest absolute Gasteiger partial charge is 0.509 e. The van der Waals surface area contributed by atoms with Crippen LogP contribution in [0.4, 0.5) is 12.9 Å². The molecule has 3 nitrogen and oxygen atoms in total. The molecule has 0 unspecified atom stereocenters. The van der Waals surface area contributed by atoms with Crippen LogP contribution in [0, 0.1) is 6.92 Å². The molecular formula is C9H7BF3O3-. The van der Waals surface area contributed by atoms with Crippen molar-refractivity contribution in [2.45, 2.75) is 6.92 Å². The van der Waals surface area contributed by atoms with Crippen LogP contribution >= 0.6 is 0 Å². The Hall–Kier alpha value is -1.79. The highest BCUT2D eigenvalue weighted by Crippen LogP contribution is 2.16. The van der Waals surface area contributed by atoms with Crippen LogP contribution in [-0.4, -0.2) is 24.3 Å². The molecular weight excluding hydrogens is 224 g/mol. The van der Waals surface area contributed by atoms with Gasteiger partial charge < -0.3 is 18.1 Å². The fourth-order valence-corrected chi connectivity index (χ4v) is 1.39. The number of carbonyl (C=O) groups is 2. The van der Waals surface area contributed by atoms with Gasteiger partial charge in [0.05, 0.1) is 5.56 Å². The molecule has 7 heteroatoms. The Balaban J connectivity index is 3.56. The van der Waals surface area contributed by atoms with Crippen LogP contribution in [0.5, 0.6) is 0 Å². The fraction of sp³-hybridized carbons (Fsp3) is 0.111. The molecule has 0 amide bonds. The molecule has 0 fully saturated rings. The molecule has 0 aliphatic heterocycles. The SMILES string of the molecule is Cc1c(C(=O)O)cc(C=O)cc1[B-](F)(F)F. The Labute approximate surface area is 88.9 Å². The summed E-state index contributed by atoms with van der Waals surface area (Å²) in [5.41, 5.74) is -2.20. The Bertz CT molecular complexity index is 454. The summed E-state index contributed by atoms with van der Waals surface area (Å²) in [6, 6.07) is 1.59. The maximum absolute atomic E-state index is 12.6. The van der Waals surface area contributed by atoms with Crippen molar-refractivity contribution in [3.05, 3.63) is 28.8 Å². The van der Waals surface area contributed by atoms with E-state index < -0.39 is 24.0 Å². The van der Waals surface area contributed by atoms with Gasteiger partial charge in [0, 0.05) is 5.56 Å². The van der Waals surface area contributed by atoms with Gasteiger partial charge in [0.15, 0.2) is 0 Å². The maximum Gasteiger partial charge on any atom is 0.509 e. The number of halogens is 3. The lowest BCUT2D eigenvalue weighted by Gasteiger charge is -2.19. The maximum atomic E-state index is 12.6. The third-order valence-corrected chi connectivity index (χ3v) is 2.19. The van der Waals surface area contributed by atoms with Crippen molar-refractivity contribution >= 4 is 24.7 Å². The lowest BCUT2D eigenvalue weighted by Crippen LogP contribution is -2.37. The Kier molecular flexibility index (Phi) is 3.07. The van der Waals surface area contributed by atoms with E-state index in [1.54, 1.807) is 0 Å². The van der Waals surface area contributed by atoms with Gasteiger partial charge in [0.2, 0.25) is 0 Å². The first kappa shape index (κ1) is 12.3. The van der Waals surface area contributed by atoms with Gasteiger partial charge in [0.25, 0.3) is 0 Å². The second-order valence-corrected chi connectivity index (χ2v) is 3.28. The molecule has 0 atom stereocenters. The molecule has 1 rings (SSSR count). The number of hydrogen-bond acceptors (Lipinski definition) is 2. The molecule has 1 aromatic carbocycles. The minimum atomic E-state index is -5.33. The van der Waals surface area contributed by atoms with Gasteiger partial charge in [0.1, 0.15) is 6.29 Å². The van der Waals surface area contributed by atoms with Crippen LogP contribution in [0.2, 0.25) is 0 Å². The quantitative estimate of drug-likeness (QED) is 0.634. The normalized spacial score (nSPS) is 11.2. The molecule has 16 heavy (non-hydrogen) atoms. The van der Waals surface area contributed by atoms with Crippen LogP contribution in [0.3, 0.4) is 0 Å². The van der Waals surface area contributed by atoms with Crippen molar-refractivity contribution in [1.29, 1.82) is 0 Å². The van der Waals surface area contributed by atoms with Crippen LogP contribution in [0.25, 0.3) is 0 Å². The van der Waals surface area contributed by atoms with Gasteiger partial charge in [-0.2, -0.15) is 0 Å². The van der Waals surface area contributed by atoms with Crippen molar-refractivity contribution in [2.24, 2.45) is 0 Å². The molecule has 0 bridgehead atoms. The zero-order chi connectivity index (χ0) is 12.5. The van der Waals surface area contributed by atoms with Crippen molar-refractivity contribution in [3.8, 4) is 0 Å². The highest BCUT2D eigenvalue weighted by atomic mass is 19.4. The molecule has 0 heterocycles. The van der Waals surface area contributed by atoms with Crippen LogP contribution in [-0.2, 0) is 0 Å². The highest BCUT2D eigenvalue weighted by Gasteiger charge is 2.29. The molecule has 0 aliphatic carbocycles. The van der Waals surface area contributed by atoms with Crippen molar-refractivity contribution in [3.63, 3.8) is 0 Å². The molecule has 86 valence electrons. The van der Waals surface area contributed by atoms with Gasteiger partial charge in [-0.25, -0.2) is 4.79 Å². The molecule has 1 N–H and O–H groups in total. The van der Waals surface area contributed by atoms with Crippen molar-refractivity contribution in [1.82, 2.24) is 0 Å². The van der Waals surface area contributed by atoms with Crippen LogP contribution in [0.1, 0.15) is 26.3 Å². The lowest BCUT2D eigenvalue weighted by atomic mass is 9.75. The fourth-order valence-electron chi connectivity index (χ4n) is 1.39. The molecule has 0 aromatic heterocycles. The number of aldehydes is 1. The summed E-state index contributed by atoms with van der Waals surface area (Å²) in [5.74, 6) is -1.48. The highest BCUT2D eigenvalue weighted by molar-refractivity contribution is 6.74. The summed E-state index contributed by atoms with van der Waals surface area (Å²) >= 11 is 0. The molecule has 0 aliphatic rings. The molecule has 0 spiro atoms. The first-order chi connectivity index (χ1) is 7.27. The van der Waals surface area contributed by atoms with Gasteiger partial charge in [-0.05, 0) is 13.0 Å². The topological polar surface area (TPSA) is 54.4 Å². The zero-order valence-corrected chi connectivity index (χ0v) is 8.21. The Morgan fingerprint density at radius 1 is 1.38 bits per heavy atom. The summed E-state index contributed by atoms with van der Waals surface area (Å²) in [6.07, 6.45) is 0.192. The number of rotatable bonds is 3. The van der Waals surface area contributed by atoms with E-state index in [9.17, 15) is 22.5 Å². The van der Waals surface area contributed by atoms with E-state index in [4.69, 9.17) is 5.11 Å². The lowest BCUT2D eigenvalue weighted by molar-refractivity contribution is 0.0696. The average molecular weight is 231 g/mol. The van der Waals surface area contributed by atoms with E-state index in [-0.39, 0.29) is 17.4 Å². The summed E-state index contributed by atoms with van der Waals surface area (Å²) in [6.45, 7) is -4.25. The van der Waals surface area contributed by atoms with E-state index in [0.717, 1.165) is 13.0 Å². The molecule has 0 saturated heterocycles. The third kappa shape index (κ3) is 2.24. The van der Waals surface area contributed by atoms with E-state index in [2.05, 4.69) is 0 Å². The summed E-state index contributed by atoms with van der Waals surface area (Å²) in [4.78, 5) is 21.1. The second kappa shape index (κ2) is 4.00. The van der Waals surface area contributed by atoms with Gasteiger partial charge >= 0.3 is 12.9 Å². The molecule has 0 saturated carbocycles.